The van der Waals surface area contributed by atoms with Crippen molar-refractivity contribution in [3.8, 4) is 0 Å². The van der Waals surface area contributed by atoms with Gasteiger partial charge in [-0.25, -0.2) is 8.78 Å². The van der Waals surface area contributed by atoms with E-state index in [-0.39, 0.29) is 11.8 Å². The highest BCUT2D eigenvalue weighted by molar-refractivity contribution is 5.29. The molecule has 1 saturated carbocycles. The molecule has 0 aromatic heterocycles. The van der Waals surface area contributed by atoms with Gasteiger partial charge in [0.2, 0.25) is 0 Å². The summed E-state index contributed by atoms with van der Waals surface area (Å²) in [5.41, 5.74) is 6.71. The lowest BCUT2D eigenvalue weighted by atomic mass is 9.70. The summed E-state index contributed by atoms with van der Waals surface area (Å²) in [5, 5.41) is 0. The monoisotopic (exact) mass is 267 g/mol. The highest BCUT2D eigenvalue weighted by atomic mass is 19.2. The van der Waals surface area contributed by atoms with Crippen LogP contribution in [0.1, 0.15) is 49.7 Å². The second-order valence-corrected chi connectivity index (χ2v) is 5.79. The lowest BCUT2D eigenvalue weighted by Crippen LogP contribution is -2.29. The molecule has 1 fully saturated rings. The summed E-state index contributed by atoms with van der Waals surface area (Å²) in [7, 11) is 0. The number of hydrogen-bond donors (Lipinski definition) is 1. The van der Waals surface area contributed by atoms with Crippen LogP contribution in [0.5, 0.6) is 0 Å². The van der Waals surface area contributed by atoms with Gasteiger partial charge in [0.25, 0.3) is 0 Å². The normalized spacial score (nSPS) is 27.5. The van der Waals surface area contributed by atoms with Crippen LogP contribution in [0.15, 0.2) is 12.1 Å². The standard InChI is InChI=1S/C16H23F2N/c1-3-11-5-6-12(9-19)14(8-11)13-7-4-10(2)15(17)16(13)18/h4,7,11-12,14H,3,5-6,8-9,19H2,1-2H3. The molecule has 2 rings (SSSR count). The van der Waals surface area contributed by atoms with Crippen molar-refractivity contribution in [1.29, 1.82) is 0 Å². The van der Waals surface area contributed by atoms with E-state index < -0.39 is 11.6 Å². The smallest absolute Gasteiger partial charge is 0.162 e. The van der Waals surface area contributed by atoms with Crippen molar-refractivity contribution < 1.29 is 8.78 Å². The predicted molar refractivity (Wildman–Crippen MR) is 74.0 cm³/mol. The van der Waals surface area contributed by atoms with Gasteiger partial charge in [0.15, 0.2) is 11.6 Å². The van der Waals surface area contributed by atoms with Gasteiger partial charge in [0, 0.05) is 0 Å². The predicted octanol–water partition coefficient (Wildman–Crippen LogP) is 4.14. The first-order valence-corrected chi connectivity index (χ1v) is 7.23. The Kier molecular flexibility index (Phi) is 4.56. The minimum atomic E-state index is -0.702. The number of rotatable bonds is 3. The maximum absolute atomic E-state index is 14.2. The second kappa shape index (κ2) is 6.00. The lowest BCUT2D eigenvalue weighted by Gasteiger charge is -2.36. The molecule has 0 amide bonds. The van der Waals surface area contributed by atoms with Crippen molar-refractivity contribution >= 4 is 0 Å². The summed E-state index contributed by atoms with van der Waals surface area (Å²) >= 11 is 0. The summed E-state index contributed by atoms with van der Waals surface area (Å²) in [6.07, 6.45) is 4.21. The van der Waals surface area contributed by atoms with Crippen molar-refractivity contribution in [2.75, 3.05) is 6.54 Å². The fourth-order valence-corrected chi connectivity index (χ4v) is 3.30. The van der Waals surface area contributed by atoms with E-state index in [0.29, 0.717) is 23.6 Å². The second-order valence-electron chi connectivity index (χ2n) is 5.79. The van der Waals surface area contributed by atoms with Crippen molar-refractivity contribution in [2.45, 2.75) is 45.4 Å². The number of benzene rings is 1. The third-order valence-electron chi connectivity index (χ3n) is 4.69. The zero-order chi connectivity index (χ0) is 14.0. The molecule has 3 heteroatoms. The van der Waals surface area contributed by atoms with Gasteiger partial charge in [-0.05, 0) is 55.2 Å². The van der Waals surface area contributed by atoms with Crippen LogP contribution in [-0.2, 0) is 0 Å². The third-order valence-corrected chi connectivity index (χ3v) is 4.69. The topological polar surface area (TPSA) is 26.0 Å². The van der Waals surface area contributed by atoms with Gasteiger partial charge in [-0.3, -0.25) is 0 Å². The molecule has 1 aromatic rings. The van der Waals surface area contributed by atoms with Gasteiger partial charge in [-0.2, -0.15) is 0 Å². The zero-order valence-electron chi connectivity index (χ0n) is 11.8. The summed E-state index contributed by atoms with van der Waals surface area (Å²) in [4.78, 5) is 0. The molecule has 0 heterocycles. The minimum Gasteiger partial charge on any atom is -0.330 e. The number of aryl methyl sites for hydroxylation is 1. The molecule has 19 heavy (non-hydrogen) atoms. The fraction of sp³-hybridized carbons (Fsp3) is 0.625. The Hall–Kier alpha value is -0.960. The molecular formula is C16H23F2N. The average Bonchev–Trinajstić information content (AvgIpc) is 2.44. The third kappa shape index (κ3) is 2.81. The van der Waals surface area contributed by atoms with E-state index in [4.69, 9.17) is 5.73 Å². The van der Waals surface area contributed by atoms with E-state index in [1.54, 1.807) is 19.1 Å². The van der Waals surface area contributed by atoms with Crippen molar-refractivity contribution in [3.63, 3.8) is 0 Å². The van der Waals surface area contributed by atoms with Gasteiger partial charge in [-0.1, -0.05) is 31.9 Å². The molecule has 1 aliphatic carbocycles. The SMILES string of the molecule is CCC1CCC(CN)C(c2ccc(C)c(F)c2F)C1. The van der Waals surface area contributed by atoms with Crippen LogP contribution >= 0.6 is 0 Å². The van der Waals surface area contributed by atoms with Crippen LogP contribution in [0.4, 0.5) is 8.78 Å². The molecule has 3 atom stereocenters. The van der Waals surface area contributed by atoms with E-state index in [2.05, 4.69) is 6.92 Å². The average molecular weight is 267 g/mol. The lowest BCUT2D eigenvalue weighted by molar-refractivity contribution is 0.231. The zero-order valence-corrected chi connectivity index (χ0v) is 11.8. The number of hydrogen-bond acceptors (Lipinski definition) is 1. The van der Waals surface area contributed by atoms with Crippen molar-refractivity contribution in [1.82, 2.24) is 0 Å². The molecule has 1 aliphatic rings. The molecule has 0 spiro atoms. The van der Waals surface area contributed by atoms with Crippen LogP contribution < -0.4 is 5.73 Å². The molecule has 1 aromatic carbocycles. The molecular weight excluding hydrogens is 244 g/mol. The van der Waals surface area contributed by atoms with Gasteiger partial charge >= 0.3 is 0 Å². The Morgan fingerprint density at radius 2 is 1.95 bits per heavy atom. The quantitative estimate of drug-likeness (QED) is 0.875. The van der Waals surface area contributed by atoms with Crippen molar-refractivity contribution in [2.24, 2.45) is 17.6 Å². The first-order valence-electron chi connectivity index (χ1n) is 7.23. The van der Waals surface area contributed by atoms with E-state index >= 15 is 0 Å². The Bertz CT molecular complexity index is 445. The van der Waals surface area contributed by atoms with Gasteiger partial charge in [0.05, 0.1) is 0 Å². The highest BCUT2D eigenvalue weighted by Gasteiger charge is 2.32. The molecule has 0 aliphatic heterocycles. The fourth-order valence-electron chi connectivity index (χ4n) is 3.30. The van der Waals surface area contributed by atoms with E-state index in [1.165, 1.54) is 0 Å². The first kappa shape index (κ1) is 14.4. The van der Waals surface area contributed by atoms with Crippen LogP contribution in [0.25, 0.3) is 0 Å². The van der Waals surface area contributed by atoms with Gasteiger partial charge in [0.1, 0.15) is 0 Å². The molecule has 0 saturated heterocycles. The molecule has 3 unspecified atom stereocenters. The molecule has 106 valence electrons. The van der Waals surface area contributed by atoms with Crippen LogP contribution in [0.3, 0.4) is 0 Å². The summed E-state index contributed by atoms with van der Waals surface area (Å²) in [6, 6.07) is 3.43. The number of nitrogens with two attached hydrogens (primary N) is 1. The Balaban J connectivity index is 2.34. The first-order chi connectivity index (χ1) is 9.08. The minimum absolute atomic E-state index is 0.0683. The summed E-state index contributed by atoms with van der Waals surface area (Å²) in [5.74, 6) is -0.415. The van der Waals surface area contributed by atoms with Crippen LogP contribution in [-0.4, -0.2) is 6.54 Å². The van der Waals surface area contributed by atoms with Gasteiger partial charge < -0.3 is 5.73 Å². The van der Waals surface area contributed by atoms with E-state index in [0.717, 1.165) is 25.7 Å². The maximum Gasteiger partial charge on any atom is 0.162 e. The van der Waals surface area contributed by atoms with E-state index in [9.17, 15) is 8.78 Å². The van der Waals surface area contributed by atoms with Crippen molar-refractivity contribution in [3.05, 3.63) is 34.9 Å². The number of halogens is 2. The molecule has 1 nitrogen and oxygen atoms in total. The highest BCUT2D eigenvalue weighted by Crippen LogP contribution is 2.42. The summed E-state index contributed by atoms with van der Waals surface area (Å²) < 4.78 is 27.9. The Morgan fingerprint density at radius 3 is 2.58 bits per heavy atom. The largest absolute Gasteiger partial charge is 0.330 e. The Morgan fingerprint density at radius 1 is 1.21 bits per heavy atom. The van der Waals surface area contributed by atoms with Crippen LogP contribution in [0, 0.1) is 30.4 Å². The molecule has 2 N–H and O–H groups in total. The molecule has 0 radical (unpaired) electrons. The van der Waals surface area contributed by atoms with Gasteiger partial charge in [-0.15, -0.1) is 0 Å². The van der Waals surface area contributed by atoms with E-state index in [1.807, 2.05) is 0 Å². The molecule has 0 bridgehead atoms. The maximum atomic E-state index is 14.2. The van der Waals surface area contributed by atoms with Crippen LogP contribution in [0.2, 0.25) is 0 Å². The Labute approximate surface area is 114 Å². The summed E-state index contributed by atoms with van der Waals surface area (Å²) in [6.45, 7) is 4.31.